The molecule has 0 aromatic rings. The van der Waals surface area contributed by atoms with Gasteiger partial charge in [0.25, 0.3) is 0 Å². The van der Waals surface area contributed by atoms with Crippen molar-refractivity contribution in [1.82, 2.24) is 0 Å². The van der Waals surface area contributed by atoms with E-state index in [-0.39, 0.29) is 5.78 Å². The Morgan fingerprint density at radius 3 is 2.36 bits per heavy atom. The summed E-state index contributed by atoms with van der Waals surface area (Å²) >= 11 is 0. The largest absolute Gasteiger partial charge is 0.347 e. The van der Waals surface area contributed by atoms with Crippen molar-refractivity contribution in [2.24, 2.45) is 0 Å². The third-order valence-corrected chi connectivity index (χ3v) is 1.87. The molecule has 1 saturated heterocycles. The molecule has 1 fully saturated rings. The first-order chi connectivity index (χ1) is 5.18. The molecule has 3 heteroatoms. The van der Waals surface area contributed by atoms with E-state index in [4.69, 9.17) is 9.47 Å². The summed E-state index contributed by atoms with van der Waals surface area (Å²) < 4.78 is 10.7. The molecule has 0 saturated carbocycles. The zero-order valence-corrected chi connectivity index (χ0v) is 7.05. The molecule has 1 heterocycles. The van der Waals surface area contributed by atoms with Crippen molar-refractivity contribution >= 4 is 5.78 Å². The molecule has 0 aromatic carbocycles. The lowest BCUT2D eigenvalue weighted by atomic mass is 10.1. The van der Waals surface area contributed by atoms with Crippen molar-refractivity contribution in [2.45, 2.75) is 32.5 Å². The molecule has 0 spiro atoms. The van der Waals surface area contributed by atoms with Crippen LogP contribution in [-0.4, -0.2) is 24.8 Å². The van der Waals surface area contributed by atoms with Gasteiger partial charge in [-0.05, 0) is 13.3 Å². The molecule has 1 aliphatic heterocycles. The molecule has 0 aromatic heterocycles. The summed E-state index contributed by atoms with van der Waals surface area (Å²) in [6.45, 7) is 4.75. The SMILES string of the molecule is CCC1(CC(C)=O)OCCO1. The molecule has 3 nitrogen and oxygen atoms in total. The molecule has 1 aliphatic rings. The van der Waals surface area contributed by atoms with Crippen molar-refractivity contribution in [3.63, 3.8) is 0 Å². The fraction of sp³-hybridized carbons (Fsp3) is 0.875. The van der Waals surface area contributed by atoms with Crippen molar-refractivity contribution in [3.8, 4) is 0 Å². The molecule has 0 radical (unpaired) electrons. The van der Waals surface area contributed by atoms with Crippen LogP contribution >= 0.6 is 0 Å². The van der Waals surface area contributed by atoms with Crippen LogP contribution in [0.15, 0.2) is 0 Å². The number of carbonyl (C=O) groups is 1. The summed E-state index contributed by atoms with van der Waals surface area (Å²) in [6, 6.07) is 0. The Bertz CT molecular complexity index is 147. The first-order valence-electron chi connectivity index (χ1n) is 3.96. The van der Waals surface area contributed by atoms with Crippen LogP contribution in [0.25, 0.3) is 0 Å². The molecule has 0 N–H and O–H groups in total. The predicted molar refractivity (Wildman–Crippen MR) is 40.2 cm³/mol. The zero-order chi connectivity index (χ0) is 8.32. The van der Waals surface area contributed by atoms with Crippen molar-refractivity contribution < 1.29 is 14.3 Å². The van der Waals surface area contributed by atoms with E-state index in [1.54, 1.807) is 6.92 Å². The normalized spacial score (nSPS) is 22.0. The first-order valence-corrected chi connectivity index (χ1v) is 3.96. The number of ether oxygens (including phenoxy) is 2. The fourth-order valence-corrected chi connectivity index (χ4v) is 1.31. The third-order valence-electron chi connectivity index (χ3n) is 1.87. The maximum Gasteiger partial charge on any atom is 0.175 e. The topological polar surface area (TPSA) is 35.5 Å². The highest BCUT2D eigenvalue weighted by Gasteiger charge is 2.35. The lowest BCUT2D eigenvalue weighted by Crippen LogP contribution is -2.31. The fourth-order valence-electron chi connectivity index (χ4n) is 1.31. The van der Waals surface area contributed by atoms with E-state index >= 15 is 0 Å². The van der Waals surface area contributed by atoms with Crippen LogP contribution in [-0.2, 0) is 14.3 Å². The van der Waals surface area contributed by atoms with Crippen molar-refractivity contribution in [3.05, 3.63) is 0 Å². The quantitative estimate of drug-likeness (QED) is 0.617. The van der Waals surface area contributed by atoms with Crippen molar-refractivity contribution in [1.29, 1.82) is 0 Å². The molecule has 11 heavy (non-hydrogen) atoms. The summed E-state index contributed by atoms with van der Waals surface area (Å²) in [5, 5.41) is 0. The summed E-state index contributed by atoms with van der Waals surface area (Å²) in [5.74, 6) is -0.472. The van der Waals surface area contributed by atoms with Gasteiger partial charge >= 0.3 is 0 Å². The van der Waals surface area contributed by atoms with Crippen LogP contribution in [0, 0.1) is 0 Å². The predicted octanol–water partition coefficient (Wildman–Crippen LogP) is 1.12. The van der Waals surface area contributed by atoms with Gasteiger partial charge in [0.1, 0.15) is 5.78 Å². The minimum atomic E-state index is -0.591. The zero-order valence-electron chi connectivity index (χ0n) is 7.05. The van der Waals surface area contributed by atoms with Gasteiger partial charge in [0.05, 0.1) is 19.6 Å². The second-order valence-electron chi connectivity index (χ2n) is 2.84. The van der Waals surface area contributed by atoms with Gasteiger partial charge in [-0.3, -0.25) is 4.79 Å². The van der Waals surface area contributed by atoms with Crippen LogP contribution in [0.5, 0.6) is 0 Å². The van der Waals surface area contributed by atoms with Gasteiger partial charge in [0, 0.05) is 0 Å². The molecule has 0 bridgehead atoms. The van der Waals surface area contributed by atoms with Gasteiger partial charge in [0.2, 0.25) is 0 Å². The molecule has 64 valence electrons. The number of carbonyl (C=O) groups excluding carboxylic acids is 1. The molecular weight excluding hydrogens is 144 g/mol. The van der Waals surface area contributed by atoms with Gasteiger partial charge in [-0.15, -0.1) is 0 Å². The Kier molecular flexibility index (Phi) is 2.62. The molecule has 0 unspecified atom stereocenters. The van der Waals surface area contributed by atoms with Crippen LogP contribution < -0.4 is 0 Å². The van der Waals surface area contributed by atoms with Crippen LogP contribution in [0.2, 0.25) is 0 Å². The second kappa shape index (κ2) is 3.32. The Labute approximate surface area is 66.7 Å². The molecule has 0 atom stereocenters. The lowest BCUT2D eigenvalue weighted by Gasteiger charge is -2.24. The van der Waals surface area contributed by atoms with Gasteiger partial charge in [-0.1, -0.05) is 6.92 Å². The number of hydrogen-bond donors (Lipinski definition) is 0. The van der Waals surface area contributed by atoms with E-state index in [0.717, 1.165) is 6.42 Å². The van der Waals surface area contributed by atoms with Gasteiger partial charge in [0.15, 0.2) is 5.79 Å². The summed E-state index contributed by atoms with van der Waals surface area (Å²) in [6.07, 6.45) is 1.12. The van der Waals surface area contributed by atoms with E-state index in [1.165, 1.54) is 0 Å². The van der Waals surface area contributed by atoms with Crippen LogP contribution in [0.3, 0.4) is 0 Å². The first kappa shape index (κ1) is 8.68. The Hall–Kier alpha value is -0.410. The summed E-state index contributed by atoms with van der Waals surface area (Å²) in [4.78, 5) is 10.8. The van der Waals surface area contributed by atoms with E-state index < -0.39 is 5.79 Å². The van der Waals surface area contributed by atoms with Gasteiger partial charge in [-0.25, -0.2) is 0 Å². The van der Waals surface area contributed by atoms with E-state index in [0.29, 0.717) is 19.6 Å². The van der Waals surface area contributed by atoms with Crippen LogP contribution in [0.4, 0.5) is 0 Å². The summed E-state index contributed by atoms with van der Waals surface area (Å²) in [5.41, 5.74) is 0. The Balaban J connectivity index is 2.52. The second-order valence-corrected chi connectivity index (χ2v) is 2.84. The summed E-state index contributed by atoms with van der Waals surface area (Å²) in [7, 11) is 0. The maximum absolute atomic E-state index is 10.8. The van der Waals surface area contributed by atoms with E-state index in [9.17, 15) is 4.79 Å². The lowest BCUT2D eigenvalue weighted by molar-refractivity contribution is -0.169. The smallest absolute Gasteiger partial charge is 0.175 e. The highest BCUT2D eigenvalue weighted by atomic mass is 16.7. The number of hydrogen-bond acceptors (Lipinski definition) is 3. The Morgan fingerprint density at radius 1 is 1.45 bits per heavy atom. The Morgan fingerprint density at radius 2 is 2.00 bits per heavy atom. The average Bonchev–Trinajstić information content (AvgIpc) is 2.36. The number of rotatable bonds is 3. The molecule has 1 rings (SSSR count). The number of Topliss-reactive ketones (excluding diaryl/α,β-unsaturated/α-hetero) is 1. The molecular formula is C8H14O3. The third kappa shape index (κ3) is 2.01. The van der Waals surface area contributed by atoms with E-state index in [1.807, 2.05) is 6.92 Å². The minimum Gasteiger partial charge on any atom is -0.347 e. The minimum absolute atomic E-state index is 0.119. The van der Waals surface area contributed by atoms with Crippen molar-refractivity contribution in [2.75, 3.05) is 13.2 Å². The highest BCUT2D eigenvalue weighted by Crippen LogP contribution is 2.26. The van der Waals surface area contributed by atoms with Crippen LogP contribution in [0.1, 0.15) is 26.7 Å². The number of ketones is 1. The van der Waals surface area contributed by atoms with Gasteiger partial charge in [-0.2, -0.15) is 0 Å². The highest BCUT2D eigenvalue weighted by molar-refractivity contribution is 5.76. The van der Waals surface area contributed by atoms with E-state index in [2.05, 4.69) is 0 Å². The standard InChI is InChI=1S/C8H14O3/c1-3-8(6-7(2)9)10-4-5-11-8/h3-6H2,1-2H3. The van der Waals surface area contributed by atoms with Gasteiger partial charge < -0.3 is 9.47 Å². The maximum atomic E-state index is 10.8. The monoisotopic (exact) mass is 158 g/mol. The molecule has 0 aliphatic carbocycles. The molecule has 0 amide bonds. The average molecular weight is 158 g/mol.